The molecule has 4 N–H and O–H groups in total. The van der Waals surface area contributed by atoms with Gasteiger partial charge in [-0.3, -0.25) is 4.79 Å². The first-order valence-corrected chi connectivity index (χ1v) is 7.57. The van der Waals surface area contributed by atoms with Crippen LogP contribution in [0.3, 0.4) is 0 Å². The number of aliphatic hydroxyl groups excluding tert-OH is 1. The lowest BCUT2D eigenvalue weighted by molar-refractivity contribution is -0.114. The van der Waals surface area contributed by atoms with E-state index in [1.807, 2.05) is 0 Å². The second kappa shape index (κ2) is 7.43. The number of hydrogen-bond donors (Lipinski definition) is 4. The highest BCUT2D eigenvalue weighted by Gasteiger charge is 2.16. The SMILES string of the molecule is CC(=O)Nc1cc(O)cc(C(O)CNC2CCCCC2)c1. The minimum Gasteiger partial charge on any atom is -0.508 e. The summed E-state index contributed by atoms with van der Waals surface area (Å²) in [7, 11) is 0. The zero-order valence-electron chi connectivity index (χ0n) is 12.4. The van der Waals surface area contributed by atoms with E-state index in [2.05, 4.69) is 10.6 Å². The van der Waals surface area contributed by atoms with Gasteiger partial charge in [0.2, 0.25) is 5.91 Å². The molecule has 0 heterocycles. The number of aliphatic hydroxyl groups is 1. The first-order valence-electron chi connectivity index (χ1n) is 7.57. The molecule has 2 rings (SSSR count). The van der Waals surface area contributed by atoms with E-state index < -0.39 is 6.10 Å². The summed E-state index contributed by atoms with van der Waals surface area (Å²) in [6.07, 6.45) is 5.40. The molecule has 0 bridgehead atoms. The molecule has 0 radical (unpaired) electrons. The number of hydrogen-bond acceptors (Lipinski definition) is 4. The molecule has 0 saturated heterocycles. The Morgan fingerprint density at radius 2 is 2.00 bits per heavy atom. The van der Waals surface area contributed by atoms with Gasteiger partial charge in [0.1, 0.15) is 5.75 Å². The first-order chi connectivity index (χ1) is 10.0. The summed E-state index contributed by atoms with van der Waals surface area (Å²) < 4.78 is 0. The number of carbonyl (C=O) groups excluding carboxylic acids is 1. The van der Waals surface area contributed by atoms with Gasteiger partial charge in [-0.05, 0) is 30.5 Å². The van der Waals surface area contributed by atoms with E-state index in [4.69, 9.17) is 0 Å². The number of nitrogens with one attached hydrogen (secondary N) is 2. The number of phenols is 1. The molecular formula is C16H24N2O3. The maximum atomic E-state index is 11.1. The van der Waals surface area contributed by atoms with Crippen molar-refractivity contribution in [3.05, 3.63) is 23.8 Å². The number of amides is 1. The number of rotatable bonds is 5. The Hall–Kier alpha value is -1.59. The van der Waals surface area contributed by atoms with Crippen molar-refractivity contribution in [2.75, 3.05) is 11.9 Å². The molecule has 1 aromatic carbocycles. The predicted molar refractivity (Wildman–Crippen MR) is 82.2 cm³/mol. The van der Waals surface area contributed by atoms with Gasteiger partial charge in [0.25, 0.3) is 0 Å². The summed E-state index contributed by atoms with van der Waals surface area (Å²) in [4.78, 5) is 11.1. The largest absolute Gasteiger partial charge is 0.508 e. The first kappa shape index (κ1) is 15.8. The minimum atomic E-state index is -0.702. The van der Waals surface area contributed by atoms with Gasteiger partial charge in [0.15, 0.2) is 0 Å². The molecule has 1 aromatic rings. The van der Waals surface area contributed by atoms with Gasteiger partial charge in [-0.1, -0.05) is 19.3 Å². The van der Waals surface area contributed by atoms with Gasteiger partial charge >= 0.3 is 0 Å². The lowest BCUT2D eigenvalue weighted by atomic mass is 9.95. The van der Waals surface area contributed by atoms with Crippen LogP contribution >= 0.6 is 0 Å². The molecular weight excluding hydrogens is 268 g/mol. The van der Waals surface area contributed by atoms with Gasteiger partial charge in [-0.15, -0.1) is 0 Å². The summed E-state index contributed by atoms with van der Waals surface area (Å²) in [6, 6.07) is 5.15. The van der Waals surface area contributed by atoms with Crippen LogP contribution in [-0.4, -0.2) is 28.7 Å². The summed E-state index contributed by atoms with van der Waals surface area (Å²) >= 11 is 0. The molecule has 1 amide bonds. The second-order valence-electron chi connectivity index (χ2n) is 5.75. The fourth-order valence-corrected chi connectivity index (χ4v) is 2.81. The van der Waals surface area contributed by atoms with E-state index in [1.165, 1.54) is 38.3 Å². The van der Waals surface area contributed by atoms with Crippen LogP contribution in [0.1, 0.15) is 50.7 Å². The van der Waals surface area contributed by atoms with E-state index in [9.17, 15) is 15.0 Å². The summed E-state index contributed by atoms with van der Waals surface area (Å²) in [5, 5.41) is 25.9. The van der Waals surface area contributed by atoms with E-state index >= 15 is 0 Å². The Kier molecular flexibility index (Phi) is 5.59. The lowest BCUT2D eigenvalue weighted by Crippen LogP contribution is -2.34. The summed E-state index contributed by atoms with van der Waals surface area (Å²) in [5.74, 6) is -0.172. The van der Waals surface area contributed by atoms with Crippen LogP contribution in [0.2, 0.25) is 0 Å². The van der Waals surface area contributed by atoms with Crippen molar-refractivity contribution >= 4 is 11.6 Å². The van der Waals surface area contributed by atoms with Crippen LogP contribution in [0.5, 0.6) is 5.75 Å². The molecule has 1 unspecified atom stereocenters. The van der Waals surface area contributed by atoms with Crippen LogP contribution in [0, 0.1) is 0 Å². The molecule has 1 aliphatic carbocycles. The fourth-order valence-electron chi connectivity index (χ4n) is 2.81. The second-order valence-corrected chi connectivity index (χ2v) is 5.75. The average molecular weight is 292 g/mol. The topological polar surface area (TPSA) is 81.6 Å². The van der Waals surface area contributed by atoms with Gasteiger partial charge in [0, 0.05) is 31.3 Å². The quantitative estimate of drug-likeness (QED) is 0.671. The van der Waals surface area contributed by atoms with Crippen molar-refractivity contribution in [3.63, 3.8) is 0 Å². The maximum absolute atomic E-state index is 11.1. The highest BCUT2D eigenvalue weighted by molar-refractivity contribution is 5.89. The third-order valence-corrected chi connectivity index (χ3v) is 3.85. The fraction of sp³-hybridized carbons (Fsp3) is 0.562. The van der Waals surface area contributed by atoms with Gasteiger partial charge in [-0.25, -0.2) is 0 Å². The number of phenolic OH excluding ortho intramolecular Hbond substituents is 1. The molecule has 0 aromatic heterocycles. The predicted octanol–water partition coefficient (Wildman–Crippen LogP) is 2.31. The monoisotopic (exact) mass is 292 g/mol. The highest BCUT2D eigenvalue weighted by atomic mass is 16.3. The lowest BCUT2D eigenvalue weighted by Gasteiger charge is -2.24. The molecule has 0 spiro atoms. The molecule has 1 atom stereocenters. The van der Waals surface area contributed by atoms with Crippen molar-refractivity contribution in [1.29, 1.82) is 0 Å². The van der Waals surface area contributed by atoms with E-state index in [0.29, 0.717) is 23.8 Å². The summed E-state index contributed by atoms with van der Waals surface area (Å²) in [6.45, 7) is 1.86. The van der Waals surface area contributed by atoms with Gasteiger partial charge < -0.3 is 20.8 Å². The molecule has 1 aliphatic rings. The van der Waals surface area contributed by atoms with E-state index in [1.54, 1.807) is 6.07 Å². The van der Waals surface area contributed by atoms with Crippen LogP contribution in [0.4, 0.5) is 5.69 Å². The third kappa shape index (κ3) is 5.02. The molecule has 1 saturated carbocycles. The van der Waals surface area contributed by atoms with E-state index in [-0.39, 0.29) is 11.7 Å². The molecule has 116 valence electrons. The van der Waals surface area contributed by atoms with Crippen molar-refractivity contribution in [2.45, 2.75) is 51.2 Å². The zero-order valence-corrected chi connectivity index (χ0v) is 12.4. The van der Waals surface area contributed by atoms with E-state index in [0.717, 1.165) is 12.8 Å². The van der Waals surface area contributed by atoms with Gasteiger partial charge in [-0.2, -0.15) is 0 Å². The Balaban J connectivity index is 1.95. The number of anilines is 1. The van der Waals surface area contributed by atoms with Crippen molar-refractivity contribution in [2.24, 2.45) is 0 Å². The van der Waals surface area contributed by atoms with Crippen LogP contribution in [0.15, 0.2) is 18.2 Å². The summed E-state index contributed by atoms with van der Waals surface area (Å²) in [5.41, 5.74) is 1.09. The van der Waals surface area contributed by atoms with Crippen molar-refractivity contribution in [1.82, 2.24) is 5.32 Å². The number of aromatic hydroxyl groups is 1. The Morgan fingerprint density at radius 1 is 1.29 bits per heavy atom. The molecule has 5 heteroatoms. The smallest absolute Gasteiger partial charge is 0.221 e. The molecule has 21 heavy (non-hydrogen) atoms. The van der Waals surface area contributed by atoms with Crippen LogP contribution in [-0.2, 0) is 4.79 Å². The van der Waals surface area contributed by atoms with Gasteiger partial charge in [0.05, 0.1) is 6.10 Å². The molecule has 5 nitrogen and oxygen atoms in total. The maximum Gasteiger partial charge on any atom is 0.221 e. The number of carbonyl (C=O) groups is 1. The third-order valence-electron chi connectivity index (χ3n) is 3.85. The normalized spacial score (nSPS) is 17.4. The van der Waals surface area contributed by atoms with Crippen molar-refractivity contribution < 1.29 is 15.0 Å². The molecule has 1 fully saturated rings. The van der Waals surface area contributed by atoms with Crippen LogP contribution in [0.25, 0.3) is 0 Å². The Morgan fingerprint density at radius 3 is 2.67 bits per heavy atom. The van der Waals surface area contributed by atoms with Crippen LogP contribution < -0.4 is 10.6 Å². The average Bonchev–Trinajstić information content (AvgIpc) is 2.44. The van der Waals surface area contributed by atoms with Crippen molar-refractivity contribution in [3.8, 4) is 5.75 Å². The standard InChI is InChI=1S/C16H24N2O3/c1-11(19)18-14-7-12(8-15(20)9-14)16(21)10-17-13-5-3-2-4-6-13/h7-9,13,16-17,20-21H,2-6,10H2,1H3,(H,18,19). The Labute approximate surface area is 125 Å². The Bertz CT molecular complexity index is 484. The highest BCUT2D eigenvalue weighted by Crippen LogP contribution is 2.25. The zero-order chi connectivity index (χ0) is 15.2. The number of benzene rings is 1. The molecule has 0 aliphatic heterocycles. The minimum absolute atomic E-state index is 0.0352.